The third-order valence-electron chi connectivity index (χ3n) is 1.67. The maximum atomic E-state index is 10.1. The zero-order valence-electron chi connectivity index (χ0n) is 6.79. The van der Waals surface area contributed by atoms with Gasteiger partial charge < -0.3 is 4.79 Å². The molecule has 0 heterocycles. The number of carbonyl (C=O) groups excluding carboxylic acids is 1. The van der Waals surface area contributed by atoms with E-state index in [0.29, 0.717) is 6.42 Å². The highest BCUT2D eigenvalue weighted by Crippen LogP contribution is 2.04. The first-order valence-corrected chi connectivity index (χ1v) is 3.86. The number of hydrogen-bond donors (Lipinski definition) is 0. The summed E-state index contributed by atoms with van der Waals surface area (Å²) in [5.41, 5.74) is 2.03. The highest BCUT2D eigenvalue weighted by Gasteiger charge is 1.91. The Hall–Kier alpha value is -1.55. The van der Waals surface area contributed by atoms with Crippen molar-refractivity contribution in [3.8, 4) is 12.3 Å². The molecule has 0 saturated carbocycles. The van der Waals surface area contributed by atoms with Crippen LogP contribution in [0.3, 0.4) is 0 Å². The van der Waals surface area contributed by atoms with Gasteiger partial charge in [0.2, 0.25) is 0 Å². The molecule has 0 amide bonds. The van der Waals surface area contributed by atoms with Gasteiger partial charge in [-0.1, -0.05) is 18.1 Å². The first-order chi connectivity index (χ1) is 5.86. The van der Waals surface area contributed by atoms with E-state index >= 15 is 0 Å². The molecule has 60 valence electrons. The van der Waals surface area contributed by atoms with Crippen molar-refractivity contribution in [1.29, 1.82) is 0 Å². The zero-order valence-corrected chi connectivity index (χ0v) is 6.79. The minimum absolute atomic E-state index is 0.579. The first kappa shape index (κ1) is 8.55. The molecule has 0 radical (unpaired) electrons. The van der Waals surface area contributed by atoms with Crippen molar-refractivity contribution in [3.05, 3.63) is 35.4 Å². The summed E-state index contributed by atoms with van der Waals surface area (Å²) in [4.78, 5) is 10.1. The van der Waals surface area contributed by atoms with Crippen molar-refractivity contribution in [1.82, 2.24) is 0 Å². The highest BCUT2D eigenvalue weighted by molar-refractivity contribution is 5.50. The molecule has 0 aliphatic carbocycles. The molecule has 1 nitrogen and oxygen atoms in total. The van der Waals surface area contributed by atoms with Crippen molar-refractivity contribution in [3.63, 3.8) is 0 Å². The van der Waals surface area contributed by atoms with Gasteiger partial charge in [-0.15, -0.1) is 6.42 Å². The van der Waals surface area contributed by atoms with Gasteiger partial charge in [0.05, 0.1) is 0 Å². The lowest BCUT2D eigenvalue weighted by atomic mass is 10.1. The Morgan fingerprint density at radius 3 is 2.50 bits per heavy atom. The van der Waals surface area contributed by atoms with Gasteiger partial charge in [-0.3, -0.25) is 0 Å². The molecule has 1 aromatic carbocycles. The molecule has 0 N–H and O–H groups in total. The van der Waals surface area contributed by atoms with Crippen LogP contribution in [0.1, 0.15) is 17.5 Å². The summed E-state index contributed by atoms with van der Waals surface area (Å²) < 4.78 is 0. The third kappa shape index (κ3) is 2.25. The number of aldehydes is 1. The second-order valence-electron chi connectivity index (χ2n) is 2.55. The Balaban J connectivity index is 2.66. The average molecular weight is 158 g/mol. The van der Waals surface area contributed by atoms with E-state index in [4.69, 9.17) is 6.42 Å². The molecule has 1 heteroatoms. The van der Waals surface area contributed by atoms with Crippen molar-refractivity contribution in [2.24, 2.45) is 0 Å². The lowest BCUT2D eigenvalue weighted by Crippen LogP contribution is -1.85. The molecule has 1 rings (SSSR count). The second-order valence-corrected chi connectivity index (χ2v) is 2.55. The fourth-order valence-electron chi connectivity index (χ4n) is 0.993. The number of benzene rings is 1. The summed E-state index contributed by atoms with van der Waals surface area (Å²) in [6, 6.07) is 7.69. The van der Waals surface area contributed by atoms with E-state index in [1.807, 2.05) is 24.3 Å². The van der Waals surface area contributed by atoms with Crippen LogP contribution in [0.2, 0.25) is 0 Å². The van der Waals surface area contributed by atoms with Crippen LogP contribution >= 0.6 is 0 Å². The van der Waals surface area contributed by atoms with Gasteiger partial charge >= 0.3 is 0 Å². The molecule has 0 aromatic heterocycles. The predicted octanol–water partition coefficient (Wildman–Crippen LogP) is 1.80. The topological polar surface area (TPSA) is 17.1 Å². The van der Waals surface area contributed by atoms with E-state index in [9.17, 15) is 4.79 Å². The van der Waals surface area contributed by atoms with Crippen LogP contribution in [0.15, 0.2) is 24.3 Å². The van der Waals surface area contributed by atoms with Crippen molar-refractivity contribution < 1.29 is 4.79 Å². The van der Waals surface area contributed by atoms with Crippen LogP contribution < -0.4 is 0 Å². The zero-order chi connectivity index (χ0) is 8.81. The van der Waals surface area contributed by atoms with E-state index < -0.39 is 0 Å². The van der Waals surface area contributed by atoms with Gasteiger partial charge in [0.25, 0.3) is 0 Å². The second kappa shape index (κ2) is 4.35. The van der Waals surface area contributed by atoms with Crippen molar-refractivity contribution in [2.75, 3.05) is 0 Å². The van der Waals surface area contributed by atoms with Gasteiger partial charge in [0.15, 0.2) is 0 Å². The standard InChI is InChI=1S/C11H10O/c1-2-10-5-7-11(8-6-10)4-3-9-12/h1,5-9H,3-4H2. The Morgan fingerprint density at radius 2 is 2.00 bits per heavy atom. The lowest BCUT2D eigenvalue weighted by molar-refractivity contribution is -0.107. The number of carbonyl (C=O) groups is 1. The van der Waals surface area contributed by atoms with Crippen LogP contribution in [0, 0.1) is 12.3 Å². The third-order valence-corrected chi connectivity index (χ3v) is 1.67. The number of rotatable bonds is 3. The summed E-state index contributed by atoms with van der Waals surface area (Å²) in [6.45, 7) is 0. The van der Waals surface area contributed by atoms with Gasteiger partial charge in [0.1, 0.15) is 6.29 Å². The fraction of sp³-hybridized carbons (Fsp3) is 0.182. The minimum Gasteiger partial charge on any atom is -0.303 e. The van der Waals surface area contributed by atoms with Gasteiger partial charge in [-0.2, -0.15) is 0 Å². The molecule has 0 saturated heterocycles. The molecule has 0 bridgehead atoms. The molecule has 0 aliphatic rings. The van der Waals surface area contributed by atoms with E-state index in [-0.39, 0.29) is 0 Å². The Labute approximate surface area is 72.4 Å². The number of terminal acetylenes is 1. The van der Waals surface area contributed by atoms with E-state index in [0.717, 1.165) is 23.8 Å². The molecule has 0 spiro atoms. The van der Waals surface area contributed by atoms with Crippen LogP contribution in [0.4, 0.5) is 0 Å². The van der Waals surface area contributed by atoms with Gasteiger partial charge in [0, 0.05) is 12.0 Å². The SMILES string of the molecule is C#Cc1ccc(CCC=O)cc1. The van der Waals surface area contributed by atoms with Crippen LogP contribution in [0.25, 0.3) is 0 Å². The fourth-order valence-corrected chi connectivity index (χ4v) is 0.993. The predicted molar refractivity (Wildman–Crippen MR) is 48.8 cm³/mol. The summed E-state index contributed by atoms with van der Waals surface area (Å²) in [7, 11) is 0. The van der Waals surface area contributed by atoms with E-state index in [2.05, 4.69) is 5.92 Å². The Morgan fingerprint density at radius 1 is 1.33 bits per heavy atom. The Kier molecular flexibility index (Phi) is 3.10. The van der Waals surface area contributed by atoms with Crippen LogP contribution in [0.5, 0.6) is 0 Å². The number of aryl methyl sites for hydroxylation is 1. The molecule has 0 fully saturated rings. The summed E-state index contributed by atoms with van der Waals surface area (Å²) >= 11 is 0. The normalized spacial score (nSPS) is 8.92. The summed E-state index contributed by atoms with van der Waals surface area (Å²) in [5, 5.41) is 0. The highest BCUT2D eigenvalue weighted by atomic mass is 16.1. The van der Waals surface area contributed by atoms with Crippen molar-refractivity contribution >= 4 is 6.29 Å². The molecule has 12 heavy (non-hydrogen) atoms. The average Bonchev–Trinajstić information content (AvgIpc) is 2.15. The Bertz CT molecular complexity index is 290. The monoisotopic (exact) mass is 158 g/mol. The summed E-state index contributed by atoms with van der Waals surface area (Å²) in [6.07, 6.45) is 7.50. The van der Waals surface area contributed by atoms with Crippen molar-refractivity contribution in [2.45, 2.75) is 12.8 Å². The van der Waals surface area contributed by atoms with Crippen LogP contribution in [-0.4, -0.2) is 6.29 Å². The largest absolute Gasteiger partial charge is 0.303 e. The maximum absolute atomic E-state index is 10.1. The molecule has 0 atom stereocenters. The lowest BCUT2D eigenvalue weighted by Gasteiger charge is -1.96. The van der Waals surface area contributed by atoms with Gasteiger partial charge in [-0.05, 0) is 24.1 Å². The smallest absolute Gasteiger partial charge is 0.120 e. The molecular formula is C11H10O. The van der Waals surface area contributed by atoms with E-state index in [1.54, 1.807) is 0 Å². The molecule has 0 aliphatic heterocycles. The quantitative estimate of drug-likeness (QED) is 0.484. The first-order valence-electron chi connectivity index (χ1n) is 3.86. The molecule has 1 aromatic rings. The van der Waals surface area contributed by atoms with Gasteiger partial charge in [-0.25, -0.2) is 0 Å². The van der Waals surface area contributed by atoms with E-state index in [1.165, 1.54) is 0 Å². The van der Waals surface area contributed by atoms with Crippen LogP contribution in [-0.2, 0) is 11.2 Å². The number of hydrogen-bond acceptors (Lipinski definition) is 1. The summed E-state index contributed by atoms with van der Waals surface area (Å²) in [5.74, 6) is 2.54. The molecular weight excluding hydrogens is 148 g/mol. The maximum Gasteiger partial charge on any atom is 0.120 e. The minimum atomic E-state index is 0.579. The molecule has 0 unspecified atom stereocenters.